The molecule has 0 heterocycles. The van der Waals surface area contributed by atoms with Crippen LogP contribution in [0.15, 0.2) is 212 Å². The zero-order chi connectivity index (χ0) is 39.3. The number of anilines is 3. The first-order valence-electron chi connectivity index (χ1n) is 20.8. The van der Waals surface area contributed by atoms with Crippen LogP contribution in [0, 0.1) is 0 Å². The molecule has 3 aliphatic rings. The van der Waals surface area contributed by atoms with Crippen LogP contribution in [-0.4, -0.2) is 0 Å². The van der Waals surface area contributed by atoms with E-state index in [0.717, 1.165) is 11.4 Å². The molecule has 0 saturated carbocycles. The number of para-hydroxylation sites is 1. The first-order valence-corrected chi connectivity index (χ1v) is 20.8. The summed E-state index contributed by atoms with van der Waals surface area (Å²) in [6, 6.07) is 79.0. The van der Waals surface area contributed by atoms with Crippen LogP contribution >= 0.6 is 0 Å². The van der Waals surface area contributed by atoms with Crippen molar-refractivity contribution in [2.75, 3.05) is 4.90 Å². The minimum Gasteiger partial charge on any atom is -0.309 e. The molecule has 1 heteroatoms. The van der Waals surface area contributed by atoms with Crippen molar-refractivity contribution in [1.82, 2.24) is 0 Å². The Kier molecular flexibility index (Phi) is 7.26. The first-order chi connectivity index (χ1) is 29.1. The molecule has 0 bridgehead atoms. The third kappa shape index (κ3) is 4.62. The van der Waals surface area contributed by atoms with Gasteiger partial charge in [0, 0.05) is 22.2 Å². The number of hydrogen-bond donors (Lipinski definition) is 0. The highest BCUT2D eigenvalue weighted by molar-refractivity contribution is 6.01. The highest BCUT2D eigenvalue weighted by Gasteiger charge is 2.52. The van der Waals surface area contributed by atoms with Crippen molar-refractivity contribution < 1.29 is 0 Å². The van der Waals surface area contributed by atoms with Crippen LogP contribution in [0.5, 0.6) is 0 Å². The predicted octanol–water partition coefficient (Wildman–Crippen LogP) is 15.1. The molecule has 0 aliphatic heterocycles. The molecular weight excluding hydrogens is 711 g/mol. The maximum Gasteiger partial charge on any atom is 0.0725 e. The summed E-state index contributed by atoms with van der Waals surface area (Å²) < 4.78 is 0. The van der Waals surface area contributed by atoms with Crippen molar-refractivity contribution in [3.63, 3.8) is 0 Å². The number of benzene rings is 9. The summed E-state index contributed by atoms with van der Waals surface area (Å²) in [5.74, 6) is 0. The quantitative estimate of drug-likeness (QED) is 0.169. The highest BCUT2D eigenvalue weighted by atomic mass is 15.1. The summed E-state index contributed by atoms with van der Waals surface area (Å²) in [4.78, 5) is 2.50. The Balaban J connectivity index is 1.06. The molecule has 1 spiro atoms. The molecule has 9 aromatic rings. The van der Waals surface area contributed by atoms with Gasteiger partial charge in [0.25, 0.3) is 0 Å². The maximum atomic E-state index is 2.50. The molecule has 0 atom stereocenters. The second-order valence-electron chi connectivity index (χ2n) is 16.8. The molecule has 0 aromatic heterocycles. The van der Waals surface area contributed by atoms with Gasteiger partial charge in [-0.3, -0.25) is 0 Å². The Bertz CT molecular complexity index is 3090. The van der Waals surface area contributed by atoms with E-state index in [2.05, 4.69) is 231 Å². The summed E-state index contributed by atoms with van der Waals surface area (Å²) in [6.07, 6.45) is 0. The topological polar surface area (TPSA) is 3.24 Å². The van der Waals surface area contributed by atoms with Gasteiger partial charge in [-0.1, -0.05) is 202 Å². The standard InChI is InChI=1S/C58H41N/c1-57(2)47-26-11-8-23-45(47)56-51(57)30-17-33-54(56)59(53-32-15-10-20-41(53)38-18-4-3-5-19-38)40-36-34-39(35-37-40)42-25-16-31-52-55(42)46-24-9-14-29-50(46)58(52)48-27-12-6-21-43(48)44-22-7-13-28-49(44)58/h3-37H,1-2H3. The number of nitrogens with zero attached hydrogens (tertiary/aromatic N) is 1. The lowest BCUT2D eigenvalue weighted by molar-refractivity contribution is 0.660. The first kappa shape index (κ1) is 33.9. The highest BCUT2D eigenvalue weighted by Crippen LogP contribution is 2.64. The van der Waals surface area contributed by atoms with Gasteiger partial charge < -0.3 is 4.90 Å². The van der Waals surface area contributed by atoms with Crippen LogP contribution in [0.25, 0.3) is 55.6 Å². The average molecular weight is 752 g/mol. The number of fused-ring (bicyclic) bond motifs is 13. The van der Waals surface area contributed by atoms with E-state index < -0.39 is 0 Å². The van der Waals surface area contributed by atoms with Crippen LogP contribution < -0.4 is 4.90 Å². The fraction of sp³-hybridized carbons (Fsp3) is 0.0690. The monoisotopic (exact) mass is 751 g/mol. The lowest BCUT2D eigenvalue weighted by Crippen LogP contribution is -2.25. The molecule has 9 aromatic carbocycles. The Morgan fingerprint density at radius 1 is 0.288 bits per heavy atom. The zero-order valence-corrected chi connectivity index (χ0v) is 33.2. The molecular formula is C58H41N. The van der Waals surface area contributed by atoms with E-state index in [1.165, 1.54) is 94.7 Å². The molecule has 59 heavy (non-hydrogen) atoms. The fourth-order valence-corrected chi connectivity index (χ4v) is 11.0. The van der Waals surface area contributed by atoms with Crippen molar-refractivity contribution in [3.8, 4) is 55.6 Å². The minimum absolute atomic E-state index is 0.113. The average Bonchev–Trinajstić information content (AvgIpc) is 3.86. The Morgan fingerprint density at radius 3 is 1.41 bits per heavy atom. The molecule has 0 radical (unpaired) electrons. The molecule has 3 aliphatic carbocycles. The van der Waals surface area contributed by atoms with E-state index >= 15 is 0 Å². The van der Waals surface area contributed by atoms with Crippen LogP contribution in [0.4, 0.5) is 17.1 Å². The molecule has 0 unspecified atom stereocenters. The minimum atomic E-state index is -0.370. The molecule has 1 nitrogen and oxygen atoms in total. The lowest BCUT2D eigenvalue weighted by Gasteiger charge is -2.31. The van der Waals surface area contributed by atoms with Crippen molar-refractivity contribution in [2.45, 2.75) is 24.7 Å². The second-order valence-corrected chi connectivity index (χ2v) is 16.8. The largest absolute Gasteiger partial charge is 0.309 e. The Hall–Kier alpha value is -7.22. The smallest absolute Gasteiger partial charge is 0.0725 e. The van der Waals surface area contributed by atoms with E-state index in [4.69, 9.17) is 0 Å². The van der Waals surface area contributed by atoms with Gasteiger partial charge in [-0.15, -0.1) is 0 Å². The van der Waals surface area contributed by atoms with Gasteiger partial charge in [0.05, 0.1) is 16.8 Å². The van der Waals surface area contributed by atoms with Gasteiger partial charge in [-0.05, 0) is 102 Å². The van der Waals surface area contributed by atoms with E-state index in [-0.39, 0.29) is 10.8 Å². The normalized spacial score (nSPS) is 14.2. The summed E-state index contributed by atoms with van der Waals surface area (Å²) in [7, 11) is 0. The molecule has 12 rings (SSSR count). The predicted molar refractivity (Wildman–Crippen MR) is 246 cm³/mol. The zero-order valence-electron chi connectivity index (χ0n) is 33.2. The molecule has 0 fully saturated rings. The van der Waals surface area contributed by atoms with Crippen molar-refractivity contribution in [3.05, 3.63) is 246 Å². The second kappa shape index (κ2) is 12.6. The van der Waals surface area contributed by atoms with Crippen LogP contribution in [0.1, 0.15) is 47.2 Å². The molecule has 0 saturated heterocycles. The fourth-order valence-electron chi connectivity index (χ4n) is 11.0. The Labute approximate surface area is 346 Å². The van der Waals surface area contributed by atoms with Crippen LogP contribution in [-0.2, 0) is 10.8 Å². The van der Waals surface area contributed by atoms with E-state index in [9.17, 15) is 0 Å². The molecule has 0 N–H and O–H groups in total. The van der Waals surface area contributed by atoms with Gasteiger partial charge in [-0.2, -0.15) is 0 Å². The Morgan fingerprint density at radius 2 is 0.729 bits per heavy atom. The number of rotatable bonds is 5. The molecule has 278 valence electrons. The van der Waals surface area contributed by atoms with Gasteiger partial charge in [0.15, 0.2) is 0 Å². The van der Waals surface area contributed by atoms with Crippen LogP contribution in [0.3, 0.4) is 0 Å². The third-order valence-corrected chi connectivity index (χ3v) is 13.5. The van der Waals surface area contributed by atoms with Crippen LogP contribution in [0.2, 0.25) is 0 Å². The molecule has 0 amide bonds. The summed E-state index contributed by atoms with van der Waals surface area (Å²) in [6.45, 7) is 4.73. The third-order valence-electron chi connectivity index (χ3n) is 13.5. The summed E-state index contributed by atoms with van der Waals surface area (Å²) in [5.41, 5.74) is 23.9. The van der Waals surface area contributed by atoms with Crippen molar-refractivity contribution in [2.24, 2.45) is 0 Å². The van der Waals surface area contributed by atoms with Gasteiger partial charge in [0.1, 0.15) is 0 Å². The van der Waals surface area contributed by atoms with E-state index in [0.29, 0.717) is 0 Å². The maximum absolute atomic E-state index is 2.50. The van der Waals surface area contributed by atoms with Gasteiger partial charge >= 0.3 is 0 Å². The van der Waals surface area contributed by atoms with E-state index in [1.807, 2.05) is 0 Å². The lowest BCUT2D eigenvalue weighted by atomic mass is 9.70. The summed E-state index contributed by atoms with van der Waals surface area (Å²) >= 11 is 0. The van der Waals surface area contributed by atoms with Crippen molar-refractivity contribution >= 4 is 17.1 Å². The number of hydrogen-bond acceptors (Lipinski definition) is 1. The summed E-state index contributed by atoms with van der Waals surface area (Å²) in [5, 5.41) is 0. The van der Waals surface area contributed by atoms with Gasteiger partial charge in [-0.25, -0.2) is 0 Å². The SMILES string of the molecule is CC1(C)c2ccccc2-c2c(N(c3ccc(-c4cccc5c4-c4ccccc4C54c5ccccc5-c5ccccc54)cc3)c3ccccc3-c3ccccc3)cccc21. The van der Waals surface area contributed by atoms with E-state index in [1.54, 1.807) is 0 Å². The van der Waals surface area contributed by atoms with Gasteiger partial charge in [0.2, 0.25) is 0 Å². The van der Waals surface area contributed by atoms with Crippen molar-refractivity contribution in [1.29, 1.82) is 0 Å².